The van der Waals surface area contributed by atoms with E-state index in [-0.39, 0.29) is 5.75 Å². The highest BCUT2D eigenvalue weighted by molar-refractivity contribution is 6.16. The normalized spacial score (nSPS) is 10.4. The highest BCUT2D eigenvalue weighted by atomic mass is 35.5. The summed E-state index contributed by atoms with van der Waals surface area (Å²) in [6.45, 7) is 0. The van der Waals surface area contributed by atoms with Crippen LogP contribution in [0.2, 0.25) is 0 Å². The van der Waals surface area contributed by atoms with E-state index in [1.807, 2.05) is 0 Å². The van der Waals surface area contributed by atoms with Gasteiger partial charge in [-0.05, 0) is 24.3 Å². The van der Waals surface area contributed by atoms with Gasteiger partial charge in [0, 0.05) is 5.56 Å². The lowest BCUT2D eigenvalue weighted by molar-refractivity contribution is 0.475. The van der Waals surface area contributed by atoms with E-state index in [4.69, 9.17) is 21.1 Å². The topological polar surface area (TPSA) is 46.3 Å². The fourth-order valence-electron chi connectivity index (χ4n) is 1.10. The summed E-state index contributed by atoms with van der Waals surface area (Å²) >= 11 is 5.59. The Kier molecular flexibility index (Phi) is 2.41. The zero-order valence-corrected chi connectivity index (χ0v) is 8.03. The number of phenols is 1. The lowest BCUT2D eigenvalue weighted by Gasteiger charge is -1.94. The molecule has 0 spiro atoms. The molecule has 3 nitrogen and oxygen atoms in total. The molecule has 1 heterocycles. The lowest BCUT2D eigenvalue weighted by Crippen LogP contribution is -1.79. The lowest BCUT2D eigenvalue weighted by atomic mass is 10.2. The zero-order chi connectivity index (χ0) is 9.97. The number of nitrogens with zero attached hydrogens (tertiary/aromatic N) is 1. The van der Waals surface area contributed by atoms with Crippen LogP contribution >= 0.6 is 11.6 Å². The molecule has 0 unspecified atom stereocenters. The van der Waals surface area contributed by atoms with E-state index in [9.17, 15) is 0 Å². The van der Waals surface area contributed by atoms with Gasteiger partial charge in [0.05, 0.1) is 11.6 Å². The summed E-state index contributed by atoms with van der Waals surface area (Å²) in [4.78, 5) is 4.15. The average Bonchev–Trinajstić information content (AvgIpc) is 2.67. The maximum Gasteiger partial charge on any atom is 0.226 e. The molecule has 0 amide bonds. The SMILES string of the molecule is Oc1ccc(-c2nc(CCl)co2)cc1. The zero-order valence-electron chi connectivity index (χ0n) is 7.27. The van der Waals surface area contributed by atoms with E-state index >= 15 is 0 Å². The molecule has 1 aromatic heterocycles. The van der Waals surface area contributed by atoms with E-state index in [1.165, 1.54) is 6.26 Å². The molecule has 0 bridgehead atoms. The van der Waals surface area contributed by atoms with Crippen LogP contribution in [0.15, 0.2) is 34.9 Å². The van der Waals surface area contributed by atoms with E-state index in [1.54, 1.807) is 24.3 Å². The van der Waals surface area contributed by atoms with Gasteiger partial charge in [-0.3, -0.25) is 0 Å². The monoisotopic (exact) mass is 209 g/mol. The Morgan fingerprint density at radius 3 is 2.57 bits per heavy atom. The van der Waals surface area contributed by atoms with Crippen molar-refractivity contribution in [2.45, 2.75) is 5.88 Å². The summed E-state index contributed by atoms with van der Waals surface area (Å²) in [5.41, 5.74) is 1.52. The van der Waals surface area contributed by atoms with Crippen molar-refractivity contribution < 1.29 is 9.52 Å². The fourth-order valence-corrected chi connectivity index (χ4v) is 1.23. The molecule has 4 heteroatoms. The van der Waals surface area contributed by atoms with Crippen molar-refractivity contribution in [1.29, 1.82) is 0 Å². The number of aromatic nitrogens is 1. The number of rotatable bonds is 2. The van der Waals surface area contributed by atoms with E-state index in [0.717, 1.165) is 5.56 Å². The number of oxazole rings is 1. The Bertz CT molecular complexity index is 422. The van der Waals surface area contributed by atoms with Gasteiger partial charge in [-0.25, -0.2) is 4.98 Å². The van der Waals surface area contributed by atoms with Crippen LogP contribution in [0.5, 0.6) is 5.75 Å². The van der Waals surface area contributed by atoms with Crippen LogP contribution in [0.1, 0.15) is 5.69 Å². The number of phenolic OH excluding ortho intramolecular Hbond substituents is 1. The molecule has 1 aromatic carbocycles. The molecule has 0 atom stereocenters. The number of alkyl halides is 1. The Morgan fingerprint density at radius 1 is 1.29 bits per heavy atom. The molecule has 72 valence electrons. The highest BCUT2D eigenvalue weighted by Gasteiger charge is 2.05. The third-order valence-corrected chi connectivity index (χ3v) is 2.08. The van der Waals surface area contributed by atoms with Crippen LogP contribution in [0.3, 0.4) is 0 Å². The summed E-state index contributed by atoms with van der Waals surface area (Å²) in [5.74, 6) is 1.07. The number of aromatic hydroxyl groups is 1. The van der Waals surface area contributed by atoms with E-state index in [2.05, 4.69) is 4.98 Å². The van der Waals surface area contributed by atoms with Gasteiger partial charge < -0.3 is 9.52 Å². The second-order valence-corrected chi connectivity index (χ2v) is 3.09. The summed E-state index contributed by atoms with van der Waals surface area (Å²) in [7, 11) is 0. The van der Waals surface area contributed by atoms with Crippen molar-refractivity contribution in [1.82, 2.24) is 4.98 Å². The van der Waals surface area contributed by atoms with Crippen LogP contribution in [0, 0.1) is 0 Å². The molecule has 0 saturated heterocycles. The van der Waals surface area contributed by atoms with Crippen molar-refractivity contribution in [2.24, 2.45) is 0 Å². The Morgan fingerprint density at radius 2 is 2.00 bits per heavy atom. The summed E-state index contributed by atoms with van der Waals surface area (Å²) in [5, 5.41) is 9.08. The Labute approximate surface area is 86.0 Å². The fraction of sp³-hybridized carbons (Fsp3) is 0.100. The van der Waals surface area contributed by atoms with Gasteiger partial charge >= 0.3 is 0 Å². The molecule has 0 aliphatic carbocycles. The average molecular weight is 210 g/mol. The van der Waals surface area contributed by atoms with Gasteiger partial charge in [0.15, 0.2) is 0 Å². The third-order valence-electron chi connectivity index (χ3n) is 1.80. The number of benzene rings is 1. The van der Waals surface area contributed by atoms with Gasteiger partial charge in [-0.15, -0.1) is 11.6 Å². The van der Waals surface area contributed by atoms with Crippen LogP contribution < -0.4 is 0 Å². The standard InChI is InChI=1S/C10H8ClNO2/c11-5-8-6-14-10(12-8)7-1-3-9(13)4-2-7/h1-4,6,13H,5H2. The van der Waals surface area contributed by atoms with Gasteiger partial charge in [0.2, 0.25) is 5.89 Å². The first-order chi connectivity index (χ1) is 6.79. The third kappa shape index (κ3) is 1.72. The number of hydrogen-bond donors (Lipinski definition) is 1. The minimum Gasteiger partial charge on any atom is -0.508 e. The van der Waals surface area contributed by atoms with Crippen molar-refractivity contribution in [3.63, 3.8) is 0 Å². The quantitative estimate of drug-likeness (QED) is 0.774. The summed E-state index contributed by atoms with van der Waals surface area (Å²) < 4.78 is 5.20. The van der Waals surface area contributed by atoms with Gasteiger partial charge in [-0.2, -0.15) is 0 Å². The van der Waals surface area contributed by atoms with Crippen LogP contribution in [-0.2, 0) is 5.88 Å². The highest BCUT2D eigenvalue weighted by Crippen LogP contribution is 2.21. The van der Waals surface area contributed by atoms with Crippen LogP contribution in [0.25, 0.3) is 11.5 Å². The summed E-state index contributed by atoms with van der Waals surface area (Å²) in [6, 6.07) is 6.64. The summed E-state index contributed by atoms with van der Waals surface area (Å²) in [6.07, 6.45) is 1.52. The van der Waals surface area contributed by atoms with Crippen molar-refractivity contribution in [2.75, 3.05) is 0 Å². The predicted octanol–water partition coefficient (Wildman–Crippen LogP) is 2.79. The van der Waals surface area contributed by atoms with E-state index < -0.39 is 0 Å². The molecule has 0 fully saturated rings. The molecule has 14 heavy (non-hydrogen) atoms. The first-order valence-electron chi connectivity index (χ1n) is 4.09. The second-order valence-electron chi connectivity index (χ2n) is 2.82. The minimum absolute atomic E-state index is 0.220. The molecule has 1 N–H and O–H groups in total. The molecule has 0 saturated carbocycles. The number of halogens is 1. The van der Waals surface area contributed by atoms with Crippen molar-refractivity contribution in [3.8, 4) is 17.2 Å². The molecule has 0 aliphatic heterocycles. The first-order valence-corrected chi connectivity index (χ1v) is 4.63. The Balaban J connectivity index is 2.34. The smallest absolute Gasteiger partial charge is 0.226 e. The van der Waals surface area contributed by atoms with Gasteiger partial charge in [-0.1, -0.05) is 0 Å². The van der Waals surface area contributed by atoms with Gasteiger partial charge in [0.25, 0.3) is 0 Å². The first kappa shape index (κ1) is 9.09. The molecule has 2 aromatic rings. The predicted molar refractivity (Wildman–Crippen MR) is 53.2 cm³/mol. The van der Waals surface area contributed by atoms with Gasteiger partial charge in [0.1, 0.15) is 12.0 Å². The molecular weight excluding hydrogens is 202 g/mol. The maximum absolute atomic E-state index is 9.08. The molecule has 0 aliphatic rings. The minimum atomic E-state index is 0.220. The van der Waals surface area contributed by atoms with Crippen molar-refractivity contribution in [3.05, 3.63) is 36.2 Å². The maximum atomic E-state index is 9.08. The Hall–Kier alpha value is -1.48. The van der Waals surface area contributed by atoms with Crippen molar-refractivity contribution >= 4 is 11.6 Å². The van der Waals surface area contributed by atoms with Crippen LogP contribution in [0.4, 0.5) is 0 Å². The number of hydrogen-bond acceptors (Lipinski definition) is 3. The second kappa shape index (κ2) is 3.72. The molecule has 2 rings (SSSR count). The van der Waals surface area contributed by atoms with Crippen LogP contribution in [-0.4, -0.2) is 10.1 Å². The van der Waals surface area contributed by atoms with E-state index in [0.29, 0.717) is 17.5 Å². The molecule has 0 radical (unpaired) electrons. The molecular formula is C10H8ClNO2. The largest absolute Gasteiger partial charge is 0.508 e.